The van der Waals surface area contributed by atoms with Crippen LogP contribution in [0.5, 0.6) is 0 Å². The fourth-order valence-electron chi connectivity index (χ4n) is 4.39. The molecule has 2 amide bonds. The number of pyridine rings is 1. The molecular weight excluding hydrogens is 362 g/mol. The SMILES string of the molecule is Cc1ccc(-c2ncccc2C(=O)N2CCC(C(=O)N3CCCCC3)CC2)cc1. The molecule has 0 radical (unpaired) electrons. The van der Waals surface area contributed by atoms with Crippen molar-refractivity contribution in [3.63, 3.8) is 0 Å². The Kier molecular flexibility index (Phi) is 5.93. The van der Waals surface area contributed by atoms with Crippen LogP contribution in [0.2, 0.25) is 0 Å². The molecule has 5 heteroatoms. The molecule has 2 saturated heterocycles. The number of piperidine rings is 2. The molecule has 3 heterocycles. The van der Waals surface area contributed by atoms with Crippen LogP contribution in [0.1, 0.15) is 48.0 Å². The maximum atomic E-state index is 13.2. The molecule has 29 heavy (non-hydrogen) atoms. The van der Waals surface area contributed by atoms with Crippen molar-refractivity contribution >= 4 is 11.8 Å². The summed E-state index contributed by atoms with van der Waals surface area (Å²) >= 11 is 0. The molecule has 2 aromatic rings. The van der Waals surface area contributed by atoms with Crippen LogP contribution in [0.25, 0.3) is 11.3 Å². The van der Waals surface area contributed by atoms with Crippen molar-refractivity contribution in [1.82, 2.24) is 14.8 Å². The van der Waals surface area contributed by atoms with Crippen molar-refractivity contribution in [2.75, 3.05) is 26.2 Å². The Morgan fingerprint density at radius 3 is 2.28 bits per heavy atom. The molecular formula is C24H29N3O2. The van der Waals surface area contributed by atoms with Gasteiger partial charge in [0, 0.05) is 43.9 Å². The Labute approximate surface area is 172 Å². The van der Waals surface area contributed by atoms with Gasteiger partial charge in [-0.25, -0.2) is 0 Å². The third-order valence-electron chi connectivity index (χ3n) is 6.16. The number of carbonyl (C=O) groups excluding carboxylic acids is 2. The Balaban J connectivity index is 1.44. The summed E-state index contributed by atoms with van der Waals surface area (Å²) < 4.78 is 0. The second-order valence-electron chi connectivity index (χ2n) is 8.22. The summed E-state index contributed by atoms with van der Waals surface area (Å²) in [4.78, 5) is 34.4. The molecule has 0 bridgehead atoms. The van der Waals surface area contributed by atoms with Crippen LogP contribution in [0.3, 0.4) is 0 Å². The maximum Gasteiger partial charge on any atom is 0.256 e. The van der Waals surface area contributed by atoms with Crippen molar-refractivity contribution in [1.29, 1.82) is 0 Å². The molecule has 2 aliphatic heterocycles. The third-order valence-corrected chi connectivity index (χ3v) is 6.16. The summed E-state index contributed by atoms with van der Waals surface area (Å²) in [6.45, 7) is 5.10. The number of nitrogens with zero attached hydrogens (tertiary/aromatic N) is 3. The van der Waals surface area contributed by atoms with Crippen LogP contribution >= 0.6 is 0 Å². The Morgan fingerprint density at radius 1 is 0.897 bits per heavy atom. The minimum Gasteiger partial charge on any atom is -0.342 e. The highest BCUT2D eigenvalue weighted by atomic mass is 16.2. The average Bonchev–Trinajstić information content (AvgIpc) is 2.79. The van der Waals surface area contributed by atoms with Gasteiger partial charge in [-0.05, 0) is 51.2 Å². The van der Waals surface area contributed by atoms with E-state index >= 15 is 0 Å². The Bertz CT molecular complexity index is 864. The first kappa shape index (κ1) is 19.6. The molecule has 0 N–H and O–H groups in total. The van der Waals surface area contributed by atoms with Crippen molar-refractivity contribution in [3.8, 4) is 11.3 Å². The van der Waals surface area contributed by atoms with E-state index in [0.717, 1.165) is 50.0 Å². The van der Waals surface area contributed by atoms with E-state index < -0.39 is 0 Å². The highest BCUT2D eigenvalue weighted by Crippen LogP contribution is 2.26. The second kappa shape index (κ2) is 8.76. The van der Waals surface area contributed by atoms with E-state index in [2.05, 4.69) is 4.98 Å². The van der Waals surface area contributed by atoms with Crippen LogP contribution < -0.4 is 0 Å². The van der Waals surface area contributed by atoms with Crippen LogP contribution in [-0.4, -0.2) is 52.8 Å². The zero-order valence-electron chi connectivity index (χ0n) is 17.1. The van der Waals surface area contributed by atoms with Crippen molar-refractivity contribution in [2.24, 2.45) is 5.92 Å². The number of aromatic nitrogens is 1. The lowest BCUT2D eigenvalue weighted by molar-refractivity contribution is -0.137. The van der Waals surface area contributed by atoms with Gasteiger partial charge in [0.15, 0.2) is 0 Å². The molecule has 5 nitrogen and oxygen atoms in total. The molecule has 2 aliphatic rings. The van der Waals surface area contributed by atoms with E-state index in [1.54, 1.807) is 6.20 Å². The molecule has 0 unspecified atom stereocenters. The first-order valence-electron chi connectivity index (χ1n) is 10.7. The maximum absolute atomic E-state index is 13.2. The van der Waals surface area contributed by atoms with E-state index in [9.17, 15) is 9.59 Å². The molecule has 4 rings (SSSR count). The third kappa shape index (κ3) is 4.34. The van der Waals surface area contributed by atoms with Gasteiger partial charge in [-0.1, -0.05) is 29.8 Å². The lowest BCUT2D eigenvalue weighted by Crippen LogP contribution is -2.45. The van der Waals surface area contributed by atoms with Gasteiger partial charge >= 0.3 is 0 Å². The number of amides is 2. The summed E-state index contributed by atoms with van der Waals surface area (Å²) in [6, 6.07) is 11.8. The number of hydrogen-bond acceptors (Lipinski definition) is 3. The van der Waals surface area contributed by atoms with Crippen molar-refractivity contribution in [2.45, 2.75) is 39.0 Å². The number of likely N-dealkylation sites (tertiary alicyclic amines) is 2. The van der Waals surface area contributed by atoms with Crippen LogP contribution in [-0.2, 0) is 4.79 Å². The lowest BCUT2D eigenvalue weighted by Gasteiger charge is -2.35. The topological polar surface area (TPSA) is 53.5 Å². The first-order chi connectivity index (χ1) is 14.1. The van der Waals surface area contributed by atoms with Crippen molar-refractivity contribution < 1.29 is 9.59 Å². The van der Waals surface area contributed by atoms with Gasteiger partial charge in [0.05, 0.1) is 11.3 Å². The molecule has 0 aliphatic carbocycles. The molecule has 152 valence electrons. The van der Waals surface area contributed by atoms with Crippen LogP contribution in [0, 0.1) is 12.8 Å². The lowest BCUT2D eigenvalue weighted by atomic mass is 9.93. The van der Waals surface area contributed by atoms with E-state index in [1.165, 1.54) is 12.0 Å². The summed E-state index contributed by atoms with van der Waals surface area (Å²) in [5.74, 6) is 0.360. The van der Waals surface area contributed by atoms with E-state index in [4.69, 9.17) is 0 Å². The smallest absolute Gasteiger partial charge is 0.256 e. The van der Waals surface area contributed by atoms with Gasteiger partial charge in [0.25, 0.3) is 5.91 Å². The van der Waals surface area contributed by atoms with E-state index in [0.29, 0.717) is 24.6 Å². The molecule has 1 aromatic heterocycles. The summed E-state index contributed by atoms with van der Waals surface area (Å²) in [5.41, 5.74) is 3.49. The van der Waals surface area contributed by atoms with Gasteiger partial charge in [-0.2, -0.15) is 0 Å². The summed E-state index contributed by atoms with van der Waals surface area (Å²) in [6.07, 6.45) is 6.70. The molecule has 2 fully saturated rings. The number of rotatable bonds is 3. The minimum atomic E-state index is 0.0116. The summed E-state index contributed by atoms with van der Waals surface area (Å²) in [5, 5.41) is 0. The number of benzene rings is 1. The standard InChI is InChI=1S/C24H29N3O2/c1-18-7-9-19(10-8-18)22-21(6-5-13-25-22)24(29)27-16-11-20(12-17-27)23(28)26-14-3-2-4-15-26/h5-10,13,20H,2-4,11-12,14-17H2,1H3. The second-order valence-corrected chi connectivity index (χ2v) is 8.22. The fourth-order valence-corrected chi connectivity index (χ4v) is 4.39. The normalized spacial score (nSPS) is 18.0. The average molecular weight is 392 g/mol. The molecule has 0 atom stereocenters. The molecule has 0 spiro atoms. The first-order valence-corrected chi connectivity index (χ1v) is 10.7. The zero-order chi connectivity index (χ0) is 20.2. The zero-order valence-corrected chi connectivity index (χ0v) is 17.1. The quantitative estimate of drug-likeness (QED) is 0.797. The van der Waals surface area contributed by atoms with Crippen molar-refractivity contribution in [3.05, 3.63) is 53.7 Å². The van der Waals surface area contributed by atoms with Gasteiger partial charge in [-0.15, -0.1) is 0 Å². The van der Waals surface area contributed by atoms with Crippen LogP contribution in [0.4, 0.5) is 0 Å². The Morgan fingerprint density at radius 2 is 1.59 bits per heavy atom. The summed E-state index contributed by atoms with van der Waals surface area (Å²) in [7, 11) is 0. The Hall–Kier alpha value is -2.69. The largest absolute Gasteiger partial charge is 0.342 e. The number of hydrogen-bond donors (Lipinski definition) is 0. The highest BCUT2D eigenvalue weighted by molar-refractivity contribution is 6.00. The predicted molar refractivity (Wildman–Crippen MR) is 113 cm³/mol. The van der Waals surface area contributed by atoms with Gasteiger partial charge in [0.2, 0.25) is 5.91 Å². The van der Waals surface area contributed by atoms with Crippen LogP contribution in [0.15, 0.2) is 42.6 Å². The monoisotopic (exact) mass is 391 g/mol. The fraction of sp³-hybridized carbons (Fsp3) is 0.458. The highest BCUT2D eigenvalue weighted by Gasteiger charge is 2.31. The van der Waals surface area contributed by atoms with Gasteiger partial charge in [-0.3, -0.25) is 14.6 Å². The predicted octanol–water partition coefficient (Wildman–Crippen LogP) is 3.92. The molecule has 1 aromatic carbocycles. The van der Waals surface area contributed by atoms with E-state index in [1.807, 2.05) is 53.1 Å². The molecule has 0 saturated carbocycles. The van der Waals surface area contributed by atoms with Gasteiger partial charge in [0.1, 0.15) is 0 Å². The van der Waals surface area contributed by atoms with Gasteiger partial charge < -0.3 is 9.80 Å². The number of carbonyl (C=O) groups is 2. The minimum absolute atomic E-state index is 0.0116. The number of aryl methyl sites for hydroxylation is 1. The van der Waals surface area contributed by atoms with E-state index in [-0.39, 0.29) is 11.8 Å².